The van der Waals surface area contributed by atoms with Gasteiger partial charge >= 0.3 is 0 Å². The Morgan fingerprint density at radius 3 is 2.73 bits per heavy atom. The van der Waals surface area contributed by atoms with Gasteiger partial charge in [0.25, 0.3) is 0 Å². The van der Waals surface area contributed by atoms with E-state index in [0.717, 1.165) is 27.6 Å². The van der Waals surface area contributed by atoms with Gasteiger partial charge in [0, 0.05) is 23.5 Å². The molecule has 0 aliphatic heterocycles. The van der Waals surface area contributed by atoms with E-state index in [4.69, 9.17) is 17.0 Å². The predicted molar refractivity (Wildman–Crippen MR) is 104 cm³/mol. The normalized spacial score (nSPS) is 11.3. The zero-order valence-corrected chi connectivity index (χ0v) is 14.8. The fraction of sp³-hybridized carbons (Fsp3) is 0.0526. The highest BCUT2D eigenvalue weighted by Crippen LogP contribution is 2.26. The van der Waals surface area contributed by atoms with E-state index in [-0.39, 0.29) is 0 Å². The molecule has 0 atom stereocenters. The van der Waals surface area contributed by atoms with Crippen LogP contribution in [-0.4, -0.2) is 33.2 Å². The molecule has 2 aromatic heterocycles. The number of benzene rings is 2. The lowest BCUT2D eigenvalue weighted by Crippen LogP contribution is -1.97. The van der Waals surface area contributed by atoms with Crippen molar-refractivity contribution in [1.29, 1.82) is 0 Å². The van der Waals surface area contributed by atoms with Crippen LogP contribution in [0.25, 0.3) is 22.2 Å². The predicted octanol–water partition coefficient (Wildman–Crippen LogP) is 4.05. The molecule has 26 heavy (non-hydrogen) atoms. The van der Waals surface area contributed by atoms with E-state index in [2.05, 4.69) is 26.3 Å². The molecule has 7 heteroatoms. The van der Waals surface area contributed by atoms with Gasteiger partial charge in [0.05, 0.1) is 13.3 Å². The second kappa shape index (κ2) is 6.89. The number of H-pyrrole nitrogens is 1. The summed E-state index contributed by atoms with van der Waals surface area (Å²) >= 11 is 5.33. The fourth-order valence-corrected chi connectivity index (χ4v) is 2.97. The van der Waals surface area contributed by atoms with Crippen LogP contribution in [0.5, 0.6) is 5.75 Å². The number of ether oxygens (including phenoxy) is 1. The van der Waals surface area contributed by atoms with Crippen LogP contribution in [0.15, 0.2) is 66.0 Å². The molecule has 0 aliphatic rings. The summed E-state index contributed by atoms with van der Waals surface area (Å²) in [7, 11) is 1.65. The van der Waals surface area contributed by atoms with Crippen molar-refractivity contribution in [2.75, 3.05) is 7.11 Å². The van der Waals surface area contributed by atoms with Gasteiger partial charge in [-0.3, -0.25) is 4.98 Å². The third-order valence-electron chi connectivity index (χ3n) is 4.04. The lowest BCUT2D eigenvalue weighted by Gasteiger charge is -2.08. The first-order valence-electron chi connectivity index (χ1n) is 7.96. The lowest BCUT2D eigenvalue weighted by atomic mass is 10.0. The van der Waals surface area contributed by atoms with Crippen LogP contribution >= 0.6 is 12.2 Å². The number of hydrogen-bond acceptors (Lipinski definition) is 5. The molecule has 0 aliphatic carbocycles. The van der Waals surface area contributed by atoms with Crippen LogP contribution < -0.4 is 4.74 Å². The Hall–Kier alpha value is -3.32. The highest BCUT2D eigenvalue weighted by Gasteiger charge is 2.09. The molecule has 0 saturated heterocycles. The SMILES string of the molecule is COc1ccc2ccccc2c1C=Nn1c(-c2ccncc2)n[nH]c1=S. The second-order valence-electron chi connectivity index (χ2n) is 5.55. The molecule has 0 bridgehead atoms. The summed E-state index contributed by atoms with van der Waals surface area (Å²) in [6.07, 6.45) is 5.15. The Balaban J connectivity index is 1.85. The number of aromatic amines is 1. The number of fused-ring (bicyclic) bond motifs is 1. The van der Waals surface area contributed by atoms with E-state index in [1.54, 1.807) is 30.4 Å². The van der Waals surface area contributed by atoms with Gasteiger partial charge in [-0.25, -0.2) is 5.10 Å². The molecular weight excluding hydrogens is 346 g/mol. The summed E-state index contributed by atoms with van der Waals surface area (Å²) in [5.41, 5.74) is 1.75. The first-order chi connectivity index (χ1) is 12.8. The van der Waals surface area contributed by atoms with Crippen molar-refractivity contribution in [2.45, 2.75) is 0 Å². The molecule has 0 spiro atoms. The smallest absolute Gasteiger partial charge is 0.216 e. The molecule has 2 aromatic carbocycles. The molecule has 0 unspecified atom stereocenters. The van der Waals surface area contributed by atoms with Crippen LogP contribution in [-0.2, 0) is 0 Å². The van der Waals surface area contributed by atoms with Gasteiger partial charge in [0.2, 0.25) is 4.77 Å². The molecular formula is C19H15N5OS. The number of nitrogens with one attached hydrogen (secondary N) is 1. The van der Waals surface area contributed by atoms with Gasteiger partial charge in [-0.1, -0.05) is 30.3 Å². The first kappa shape index (κ1) is 16.2. The van der Waals surface area contributed by atoms with Crippen molar-refractivity contribution in [3.8, 4) is 17.1 Å². The Kier molecular flexibility index (Phi) is 4.28. The van der Waals surface area contributed by atoms with Crippen LogP contribution in [0.4, 0.5) is 0 Å². The number of nitrogens with zero attached hydrogens (tertiary/aromatic N) is 4. The van der Waals surface area contributed by atoms with Gasteiger partial charge < -0.3 is 4.74 Å². The Morgan fingerprint density at radius 1 is 1.12 bits per heavy atom. The maximum atomic E-state index is 5.51. The minimum atomic E-state index is 0.410. The highest BCUT2D eigenvalue weighted by molar-refractivity contribution is 7.71. The summed E-state index contributed by atoms with van der Waals surface area (Å²) in [4.78, 5) is 4.03. The van der Waals surface area contributed by atoms with Crippen molar-refractivity contribution in [3.05, 3.63) is 71.3 Å². The molecule has 1 N–H and O–H groups in total. The fourth-order valence-electron chi connectivity index (χ4n) is 2.79. The molecule has 128 valence electrons. The van der Waals surface area contributed by atoms with Crippen LogP contribution in [0, 0.1) is 4.77 Å². The minimum Gasteiger partial charge on any atom is -0.496 e. The van der Waals surface area contributed by atoms with Crippen LogP contribution in [0.2, 0.25) is 0 Å². The summed E-state index contributed by atoms with van der Waals surface area (Å²) in [5.74, 6) is 1.36. The number of rotatable bonds is 4. The Labute approximate surface area is 154 Å². The average Bonchev–Trinajstić information content (AvgIpc) is 3.07. The van der Waals surface area contributed by atoms with E-state index in [1.165, 1.54) is 0 Å². The zero-order chi connectivity index (χ0) is 17.9. The van der Waals surface area contributed by atoms with Crippen molar-refractivity contribution in [3.63, 3.8) is 0 Å². The van der Waals surface area contributed by atoms with Crippen molar-refractivity contribution >= 4 is 29.2 Å². The van der Waals surface area contributed by atoms with Gasteiger partial charge in [-0.05, 0) is 41.2 Å². The molecule has 6 nitrogen and oxygen atoms in total. The van der Waals surface area contributed by atoms with E-state index in [1.807, 2.05) is 42.5 Å². The summed E-state index contributed by atoms with van der Waals surface area (Å²) < 4.78 is 7.51. The second-order valence-corrected chi connectivity index (χ2v) is 5.93. The highest BCUT2D eigenvalue weighted by atomic mass is 32.1. The lowest BCUT2D eigenvalue weighted by molar-refractivity contribution is 0.415. The monoisotopic (exact) mass is 361 g/mol. The molecule has 0 radical (unpaired) electrons. The molecule has 0 saturated carbocycles. The van der Waals surface area contributed by atoms with Crippen LogP contribution in [0.3, 0.4) is 0 Å². The van der Waals surface area contributed by atoms with E-state index >= 15 is 0 Å². The maximum Gasteiger partial charge on any atom is 0.216 e. The van der Waals surface area contributed by atoms with Gasteiger partial charge in [-0.2, -0.15) is 14.9 Å². The third-order valence-corrected chi connectivity index (χ3v) is 4.31. The summed E-state index contributed by atoms with van der Waals surface area (Å²) in [5, 5.41) is 13.8. The van der Waals surface area contributed by atoms with Crippen molar-refractivity contribution < 1.29 is 4.74 Å². The number of methoxy groups -OCH3 is 1. The van der Waals surface area contributed by atoms with E-state index in [9.17, 15) is 0 Å². The van der Waals surface area contributed by atoms with Gasteiger partial charge in [0.1, 0.15) is 5.75 Å². The first-order valence-corrected chi connectivity index (χ1v) is 8.36. The van der Waals surface area contributed by atoms with Gasteiger partial charge in [-0.15, -0.1) is 0 Å². The van der Waals surface area contributed by atoms with E-state index in [0.29, 0.717) is 10.6 Å². The Morgan fingerprint density at radius 2 is 1.92 bits per heavy atom. The van der Waals surface area contributed by atoms with Gasteiger partial charge in [0.15, 0.2) is 5.82 Å². The molecule has 0 amide bonds. The van der Waals surface area contributed by atoms with Crippen LogP contribution in [0.1, 0.15) is 5.56 Å². The molecule has 4 rings (SSSR count). The maximum absolute atomic E-state index is 5.51. The zero-order valence-electron chi connectivity index (χ0n) is 14.0. The quantitative estimate of drug-likeness (QED) is 0.440. The molecule has 2 heterocycles. The number of hydrogen-bond donors (Lipinski definition) is 1. The summed E-state index contributed by atoms with van der Waals surface area (Å²) in [6.45, 7) is 0. The molecule has 0 fully saturated rings. The van der Waals surface area contributed by atoms with E-state index < -0.39 is 0 Å². The minimum absolute atomic E-state index is 0.410. The number of pyridine rings is 1. The van der Waals surface area contributed by atoms with Crippen molar-refractivity contribution in [2.24, 2.45) is 5.10 Å². The van der Waals surface area contributed by atoms with Crippen molar-refractivity contribution in [1.82, 2.24) is 19.9 Å². The number of aromatic nitrogens is 4. The molecule has 4 aromatic rings. The Bertz CT molecular complexity index is 1150. The topological polar surface area (TPSA) is 68.1 Å². The average molecular weight is 361 g/mol. The largest absolute Gasteiger partial charge is 0.496 e. The standard InChI is InChI=1S/C19H15N5OS/c1-25-17-7-6-13-4-2-3-5-15(13)16(17)12-21-24-18(22-23-19(24)26)14-8-10-20-11-9-14/h2-12H,1H3,(H,23,26). The third kappa shape index (κ3) is 2.89. The summed E-state index contributed by atoms with van der Waals surface area (Å²) in [6, 6.07) is 15.8.